The molecule has 0 radical (unpaired) electrons. The predicted octanol–water partition coefficient (Wildman–Crippen LogP) is 2.29. The molecule has 0 bridgehead atoms. The van der Waals surface area contributed by atoms with E-state index in [0.717, 1.165) is 29.7 Å². The van der Waals surface area contributed by atoms with E-state index in [2.05, 4.69) is 17.6 Å². The molecule has 134 valence electrons. The number of carbonyl (C=O) groups excluding carboxylic acids is 3. The standard InChI is InChI=1S/C19H25N3O3/c1-3-14-6-8-15(9-7-14)13(2)20-16(23)12-22-17(24)19(21-18(22)25)10-4-5-11-19/h6-9,13H,3-5,10-12H2,1-2H3,(H,20,23)(H,21,25). The number of nitrogens with one attached hydrogen (secondary N) is 2. The maximum absolute atomic E-state index is 12.6. The van der Waals surface area contributed by atoms with E-state index in [1.54, 1.807) is 0 Å². The second kappa shape index (κ2) is 6.86. The van der Waals surface area contributed by atoms with E-state index in [1.165, 1.54) is 5.56 Å². The van der Waals surface area contributed by atoms with Crippen molar-refractivity contribution in [3.05, 3.63) is 35.4 Å². The Kier molecular flexibility index (Phi) is 4.79. The molecule has 1 saturated carbocycles. The molecule has 2 aliphatic rings. The highest BCUT2D eigenvalue weighted by Crippen LogP contribution is 2.34. The SMILES string of the molecule is CCc1ccc(C(C)NC(=O)CN2C(=O)NC3(CCCC3)C2=O)cc1. The minimum Gasteiger partial charge on any atom is -0.348 e. The highest BCUT2D eigenvalue weighted by molar-refractivity contribution is 6.09. The molecule has 1 atom stereocenters. The quantitative estimate of drug-likeness (QED) is 0.805. The van der Waals surface area contributed by atoms with Crippen LogP contribution in [0.2, 0.25) is 0 Å². The molecule has 1 spiro atoms. The van der Waals surface area contributed by atoms with E-state index in [9.17, 15) is 14.4 Å². The van der Waals surface area contributed by atoms with Gasteiger partial charge in [0.2, 0.25) is 5.91 Å². The fourth-order valence-electron chi connectivity index (χ4n) is 3.69. The number of urea groups is 1. The molecular formula is C19H25N3O3. The first-order chi connectivity index (χ1) is 11.9. The van der Waals surface area contributed by atoms with E-state index in [1.807, 2.05) is 31.2 Å². The van der Waals surface area contributed by atoms with E-state index < -0.39 is 11.6 Å². The maximum Gasteiger partial charge on any atom is 0.325 e. The fraction of sp³-hybridized carbons (Fsp3) is 0.526. The molecule has 6 nitrogen and oxygen atoms in total. The summed E-state index contributed by atoms with van der Waals surface area (Å²) in [7, 11) is 0. The topological polar surface area (TPSA) is 78.5 Å². The van der Waals surface area contributed by atoms with Crippen molar-refractivity contribution in [3.63, 3.8) is 0 Å². The van der Waals surface area contributed by atoms with Crippen LogP contribution in [0.5, 0.6) is 0 Å². The first-order valence-corrected chi connectivity index (χ1v) is 8.97. The van der Waals surface area contributed by atoms with Crippen LogP contribution in [0.4, 0.5) is 4.79 Å². The summed E-state index contributed by atoms with van der Waals surface area (Å²) >= 11 is 0. The third-order valence-electron chi connectivity index (χ3n) is 5.27. The lowest BCUT2D eigenvalue weighted by molar-refractivity contribution is -0.135. The molecule has 3 rings (SSSR count). The molecule has 1 aliphatic heterocycles. The van der Waals surface area contributed by atoms with Gasteiger partial charge in [-0.25, -0.2) is 4.79 Å². The summed E-state index contributed by atoms with van der Waals surface area (Å²) in [5.74, 6) is -0.587. The van der Waals surface area contributed by atoms with Crippen LogP contribution in [-0.2, 0) is 16.0 Å². The van der Waals surface area contributed by atoms with Crippen molar-refractivity contribution >= 4 is 17.8 Å². The van der Waals surface area contributed by atoms with Crippen molar-refractivity contribution in [1.82, 2.24) is 15.5 Å². The Morgan fingerprint density at radius 3 is 2.48 bits per heavy atom. The van der Waals surface area contributed by atoms with E-state index in [4.69, 9.17) is 0 Å². The van der Waals surface area contributed by atoms with Gasteiger partial charge < -0.3 is 10.6 Å². The third-order valence-corrected chi connectivity index (χ3v) is 5.27. The Labute approximate surface area is 148 Å². The summed E-state index contributed by atoms with van der Waals surface area (Å²) in [6.45, 7) is 3.75. The second-order valence-electron chi connectivity index (χ2n) is 7.00. The van der Waals surface area contributed by atoms with Crippen LogP contribution in [-0.4, -0.2) is 34.8 Å². The van der Waals surface area contributed by atoms with E-state index in [0.29, 0.717) is 12.8 Å². The van der Waals surface area contributed by atoms with Gasteiger partial charge in [0, 0.05) is 0 Å². The van der Waals surface area contributed by atoms with Gasteiger partial charge in [-0.2, -0.15) is 0 Å². The number of imide groups is 1. The molecule has 1 aliphatic carbocycles. The summed E-state index contributed by atoms with van der Waals surface area (Å²) in [5.41, 5.74) is 1.47. The summed E-state index contributed by atoms with van der Waals surface area (Å²) in [4.78, 5) is 38.1. The lowest BCUT2D eigenvalue weighted by Crippen LogP contribution is -2.45. The fourth-order valence-corrected chi connectivity index (χ4v) is 3.69. The number of hydrogen-bond acceptors (Lipinski definition) is 3. The van der Waals surface area contributed by atoms with E-state index in [-0.39, 0.29) is 24.4 Å². The van der Waals surface area contributed by atoms with Gasteiger partial charge in [-0.3, -0.25) is 14.5 Å². The van der Waals surface area contributed by atoms with Gasteiger partial charge in [0.1, 0.15) is 12.1 Å². The van der Waals surface area contributed by atoms with Gasteiger partial charge >= 0.3 is 6.03 Å². The summed E-state index contributed by atoms with van der Waals surface area (Å²) < 4.78 is 0. The highest BCUT2D eigenvalue weighted by Gasteiger charge is 2.52. The third kappa shape index (κ3) is 3.38. The van der Waals surface area contributed by atoms with Crippen molar-refractivity contribution < 1.29 is 14.4 Å². The Hall–Kier alpha value is -2.37. The molecule has 1 heterocycles. The van der Waals surface area contributed by atoms with Crippen molar-refractivity contribution in [2.24, 2.45) is 0 Å². The molecule has 4 amide bonds. The van der Waals surface area contributed by atoms with Crippen LogP contribution < -0.4 is 10.6 Å². The number of amides is 4. The first kappa shape index (κ1) is 17.5. The van der Waals surface area contributed by atoms with Crippen molar-refractivity contribution in [2.75, 3.05) is 6.54 Å². The zero-order chi connectivity index (χ0) is 18.0. The average Bonchev–Trinajstić information content (AvgIpc) is 3.16. The van der Waals surface area contributed by atoms with Gasteiger partial charge in [0.05, 0.1) is 6.04 Å². The summed E-state index contributed by atoms with van der Waals surface area (Å²) in [6.07, 6.45) is 4.15. The lowest BCUT2D eigenvalue weighted by Gasteiger charge is -2.20. The monoisotopic (exact) mass is 343 g/mol. The maximum atomic E-state index is 12.6. The average molecular weight is 343 g/mol. The van der Waals surface area contributed by atoms with Crippen LogP contribution >= 0.6 is 0 Å². The van der Waals surface area contributed by atoms with Crippen molar-refractivity contribution in [1.29, 1.82) is 0 Å². The normalized spacial score (nSPS) is 20.0. The zero-order valence-corrected chi connectivity index (χ0v) is 14.8. The smallest absolute Gasteiger partial charge is 0.325 e. The van der Waals surface area contributed by atoms with Gasteiger partial charge in [-0.15, -0.1) is 0 Å². The summed E-state index contributed by atoms with van der Waals surface area (Å²) in [6, 6.07) is 7.43. The molecule has 25 heavy (non-hydrogen) atoms. The predicted molar refractivity (Wildman–Crippen MR) is 93.8 cm³/mol. The molecule has 2 fully saturated rings. The van der Waals surface area contributed by atoms with Crippen molar-refractivity contribution in [2.45, 2.75) is 57.5 Å². The number of aryl methyl sites for hydroxylation is 1. The largest absolute Gasteiger partial charge is 0.348 e. The van der Waals surface area contributed by atoms with Crippen LogP contribution in [0.25, 0.3) is 0 Å². The lowest BCUT2D eigenvalue weighted by atomic mass is 9.98. The van der Waals surface area contributed by atoms with Gasteiger partial charge in [-0.1, -0.05) is 44.0 Å². The summed E-state index contributed by atoms with van der Waals surface area (Å²) in [5, 5.41) is 5.66. The number of nitrogens with zero attached hydrogens (tertiary/aromatic N) is 1. The number of hydrogen-bond donors (Lipinski definition) is 2. The molecule has 6 heteroatoms. The second-order valence-corrected chi connectivity index (χ2v) is 7.00. The van der Waals surface area contributed by atoms with Gasteiger partial charge in [0.25, 0.3) is 5.91 Å². The van der Waals surface area contributed by atoms with Gasteiger partial charge in [-0.05, 0) is 37.3 Å². The molecule has 2 N–H and O–H groups in total. The molecule has 0 aromatic heterocycles. The molecule has 1 unspecified atom stereocenters. The Balaban J connectivity index is 1.60. The minimum atomic E-state index is -0.765. The minimum absolute atomic E-state index is 0.181. The van der Waals surface area contributed by atoms with Gasteiger partial charge in [0.15, 0.2) is 0 Å². The molecule has 1 aromatic rings. The van der Waals surface area contributed by atoms with Crippen LogP contribution in [0.15, 0.2) is 24.3 Å². The molecular weight excluding hydrogens is 318 g/mol. The van der Waals surface area contributed by atoms with Crippen LogP contribution in [0, 0.1) is 0 Å². The Bertz CT molecular complexity index is 678. The number of rotatable bonds is 5. The van der Waals surface area contributed by atoms with Crippen molar-refractivity contribution in [3.8, 4) is 0 Å². The highest BCUT2D eigenvalue weighted by atomic mass is 16.2. The number of benzene rings is 1. The van der Waals surface area contributed by atoms with Crippen LogP contribution in [0.3, 0.4) is 0 Å². The zero-order valence-electron chi connectivity index (χ0n) is 14.8. The Morgan fingerprint density at radius 2 is 1.88 bits per heavy atom. The number of carbonyl (C=O) groups is 3. The first-order valence-electron chi connectivity index (χ1n) is 8.97. The van der Waals surface area contributed by atoms with Crippen LogP contribution in [0.1, 0.15) is 56.7 Å². The van der Waals surface area contributed by atoms with E-state index >= 15 is 0 Å². The Morgan fingerprint density at radius 1 is 1.24 bits per heavy atom. The molecule has 1 aromatic carbocycles. The molecule has 1 saturated heterocycles.